The zero-order valence-electron chi connectivity index (χ0n) is 24.3. The van der Waals surface area contributed by atoms with Gasteiger partial charge in [0.25, 0.3) is 0 Å². The third kappa shape index (κ3) is 8.07. The van der Waals surface area contributed by atoms with E-state index < -0.39 is 28.5 Å². The first-order valence-corrected chi connectivity index (χ1v) is 16.6. The minimum atomic E-state index is -3.92. The maximum Gasteiger partial charge on any atom is 0.244 e. The van der Waals surface area contributed by atoms with Crippen molar-refractivity contribution in [2.75, 3.05) is 17.1 Å². The molecule has 0 aliphatic carbocycles. The Morgan fingerprint density at radius 2 is 1.47 bits per heavy atom. The van der Waals surface area contributed by atoms with Crippen LogP contribution in [0.1, 0.15) is 31.4 Å². The second kappa shape index (κ2) is 14.3. The van der Waals surface area contributed by atoms with Crippen molar-refractivity contribution in [1.29, 1.82) is 0 Å². The van der Waals surface area contributed by atoms with Gasteiger partial charge in [-0.3, -0.25) is 13.9 Å². The molecule has 0 saturated carbocycles. The number of sulfonamides is 1. The first kappa shape index (κ1) is 32.3. The molecule has 0 aliphatic rings. The van der Waals surface area contributed by atoms with Crippen molar-refractivity contribution < 1.29 is 18.0 Å². The first-order valence-electron chi connectivity index (χ1n) is 14.0. The molecule has 0 bridgehead atoms. The van der Waals surface area contributed by atoms with Crippen LogP contribution in [-0.2, 0) is 32.6 Å². The molecule has 0 spiro atoms. The van der Waals surface area contributed by atoms with Crippen LogP contribution in [0.5, 0.6) is 0 Å². The van der Waals surface area contributed by atoms with E-state index >= 15 is 0 Å². The van der Waals surface area contributed by atoms with Crippen molar-refractivity contribution in [3.05, 3.63) is 112 Å². The summed E-state index contributed by atoms with van der Waals surface area (Å²) in [6.45, 7) is 3.21. The summed E-state index contributed by atoms with van der Waals surface area (Å²) in [5, 5.41) is 5.19. The Labute approximate surface area is 263 Å². The molecule has 1 N–H and O–H groups in total. The van der Waals surface area contributed by atoms with Gasteiger partial charge in [-0.1, -0.05) is 103 Å². The van der Waals surface area contributed by atoms with Gasteiger partial charge in [0.2, 0.25) is 21.8 Å². The first-order chi connectivity index (χ1) is 20.5. The molecule has 0 fully saturated rings. The van der Waals surface area contributed by atoms with Gasteiger partial charge in [0.1, 0.15) is 12.6 Å². The number of halogens is 2. The van der Waals surface area contributed by atoms with Crippen molar-refractivity contribution in [1.82, 2.24) is 10.2 Å². The van der Waals surface area contributed by atoms with Gasteiger partial charge >= 0.3 is 0 Å². The summed E-state index contributed by atoms with van der Waals surface area (Å²) in [5.74, 6) is -0.930. The fraction of sp³-hybridized carbons (Fsp3) is 0.273. The molecule has 0 unspecified atom stereocenters. The number of hydrogen-bond acceptors (Lipinski definition) is 4. The molecule has 0 aliphatic heterocycles. The van der Waals surface area contributed by atoms with Crippen LogP contribution in [0.15, 0.2) is 91.0 Å². The highest BCUT2D eigenvalue weighted by molar-refractivity contribution is 7.92. The summed E-state index contributed by atoms with van der Waals surface area (Å²) >= 11 is 13.1. The molecular formula is C33H35Cl2N3O4S. The van der Waals surface area contributed by atoms with E-state index in [4.69, 9.17) is 23.2 Å². The van der Waals surface area contributed by atoms with Crippen LogP contribution in [-0.4, -0.2) is 50.0 Å². The lowest BCUT2D eigenvalue weighted by atomic mass is 10.0. The topological polar surface area (TPSA) is 86.8 Å². The van der Waals surface area contributed by atoms with E-state index in [2.05, 4.69) is 5.32 Å². The number of carbonyl (C=O) groups is 2. The standard InChI is InChI=1S/C33H35Cl2N3O4S/c1-4-23(2)36-33(40)31(20-24-12-6-5-7-13-24)37(21-27-28(34)17-11-18-29(27)35)32(39)22-38(43(3,41)42)30-19-10-15-25-14-8-9-16-26(25)30/h5-19,23,31H,4,20-22H2,1-3H3,(H,36,40)/t23-,31+/m1/s1. The lowest BCUT2D eigenvalue weighted by Crippen LogP contribution is -2.54. The Morgan fingerprint density at radius 1 is 0.860 bits per heavy atom. The van der Waals surface area contributed by atoms with E-state index in [9.17, 15) is 18.0 Å². The Balaban J connectivity index is 1.82. The van der Waals surface area contributed by atoms with Gasteiger partial charge in [0, 0.05) is 40.0 Å². The van der Waals surface area contributed by atoms with E-state index in [-0.39, 0.29) is 24.9 Å². The van der Waals surface area contributed by atoms with Gasteiger partial charge in [-0.05, 0) is 42.5 Å². The lowest BCUT2D eigenvalue weighted by Gasteiger charge is -2.34. The highest BCUT2D eigenvalue weighted by atomic mass is 35.5. The Bertz CT molecular complexity index is 1670. The van der Waals surface area contributed by atoms with Gasteiger partial charge < -0.3 is 10.2 Å². The summed E-state index contributed by atoms with van der Waals surface area (Å²) < 4.78 is 27.5. The zero-order valence-corrected chi connectivity index (χ0v) is 26.7. The smallest absolute Gasteiger partial charge is 0.244 e. The van der Waals surface area contributed by atoms with Crippen molar-refractivity contribution in [3.63, 3.8) is 0 Å². The molecule has 0 saturated heterocycles. The second-order valence-electron chi connectivity index (χ2n) is 10.5. The molecule has 7 nitrogen and oxygen atoms in total. The van der Waals surface area contributed by atoms with E-state index in [1.54, 1.807) is 30.3 Å². The molecule has 0 heterocycles. The van der Waals surface area contributed by atoms with Gasteiger partial charge in [-0.25, -0.2) is 8.42 Å². The Morgan fingerprint density at radius 3 is 2.12 bits per heavy atom. The molecule has 4 aromatic rings. The van der Waals surface area contributed by atoms with Gasteiger partial charge in [0.05, 0.1) is 11.9 Å². The number of anilines is 1. The van der Waals surface area contributed by atoms with E-state index in [0.717, 1.165) is 21.5 Å². The number of nitrogens with one attached hydrogen (secondary N) is 1. The number of fused-ring (bicyclic) bond motifs is 1. The van der Waals surface area contributed by atoms with Crippen LogP contribution in [0.4, 0.5) is 5.69 Å². The molecule has 0 radical (unpaired) electrons. The third-order valence-electron chi connectivity index (χ3n) is 7.38. The minimum absolute atomic E-state index is 0.101. The fourth-order valence-corrected chi connectivity index (χ4v) is 6.25. The van der Waals surface area contributed by atoms with Crippen molar-refractivity contribution >= 4 is 61.5 Å². The van der Waals surface area contributed by atoms with Crippen LogP contribution in [0.2, 0.25) is 10.0 Å². The summed E-state index contributed by atoms with van der Waals surface area (Å²) in [4.78, 5) is 29.6. The SMILES string of the molecule is CC[C@@H](C)NC(=O)[C@H](Cc1ccccc1)N(Cc1c(Cl)cccc1Cl)C(=O)CN(c1cccc2ccccc12)S(C)(=O)=O. The van der Waals surface area contributed by atoms with E-state index in [1.807, 2.05) is 74.5 Å². The predicted octanol–water partition coefficient (Wildman–Crippen LogP) is 6.47. The summed E-state index contributed by atoms with van der Waals surface area (Å²) in [6, 6.07) is 25.9. The summed E-state index contributed by atoms with van der Waals surface area (Å²) in [5.41, 5.74) is 1.67. The normalized spacial score (nSPS) is 12.9. The number of hydrogen-bond donors (Lipinski definition) is 1. The molecule has 0 aromatic heterocycles. The molecule has 4 aromatic carbocycles. The number of benzene rings is 4. The highest BCUT2D eigenvalue weighted by Gasteiger charge is 2.34. The molecule has 4 rings (SSSR count). The number of rotatable bonds is 12. The van der Waals surface area contributed by atoms with E-state index in [0.29, 0.717) is 33.1 Å². The predicted molar refractivity (Wildman–Crippen MR) is 175 cm³/mol. The van der Waals surface area contributed by atoms with Crippen LogP contribution >= 0.6 is 23.2 Å². The largest absolute Gasteiger partial charge is 0.352 e. The van der Waals surface area contributed by atoms with Gasteiger partial charge in [-0.15, -0.1) is 0 Å². The molecule has 2 amide bonds. The molecule has 2 atom stereocenters. The maximum absolute atomic E-state index is 14.4. The van der Waals surface area contributed by atoms with Crippen molar-refractivity contribution in [2.24, 2.45) is 0 Å². The fourth-order valence-electron chi connectivity index (χ4n) is 4.87. The van der Waals surface area contributed by atoms with Crippen molar-refractivity contribution in [3.8, 4) is 0 Å². The third-order valence-corrected chi connectivity index (χ3v) is 9.21. The average molecular weight is 641 g/mol. The highest BCUT2D eigenvalue weighted by Crippen LogP contribution is 2.30. The Kier molecular flexibility index (Phi) is 10.7. The molecule has 226 valence electrons. The van der Waals surface area contributed by atoms with Crippen LogP contribution in [0.3, 0.4) is 0 Å². The number of carbonyl (C=O) groups excluding carboxylic acids is 2. The number of nitrogens with zero attached hydrogens (tertiary/aromatic N) is 2. The van der Waals surface area contributed by atoms with E-state index in [1.165, 1.54) is 4.90 Å². The molecular weight excluding hydrogens is 605 g/mol. The number of amides is 2. The average Bonchev–Trinajstić information content (AvgIpc) is 2.98. The van der Waals surface area contributed by atoms with Crippen LogP contribution < -0.4 is 9.62 Å². The zero-order chi connectivity index (χ0) is 31.1. The Hall–Kier alpha value is -3.59. The lowest BCUT2D eigenvalue weighted by molar-refractivity contribution is -0.140. The van der Waals surface area contributed by atoms with Crippen LogP contribution in [0, 0.1) is 0 Å². The van der Waals surface area contributed by atoms with Gasteiger partial charge in [0.15, 0.2) is 0 Å². The minimum Gasteiger partial charge on any atom is -0.352 e. The summed E-state index contributed by atoms with van der Waals surface area (Å²) in [7, 11) is -3.92. The van der Waals surface area contributed by atoms with Crippen molar-refractivity contribution in [2.45, 2.75) is 45.3 Å². The second-order valence-corrected chi connectivity index (χ2v) is 13.2. The maximum atomic E-state index is 14.4. The van der Waals surface area contributed by atoms with Gasteiger partial charge in [-0.2, -0.15) is 0 Å². The summed E-state index contributed by atoms with van der Waals surface area (Å²) in [6.07, 6.45) is 1.95. The molecule has 43 heavy (non-hydrogen) atoms. The quantitative estimate of drug-likeness (QED) is 0.193. The van der Waals surface area contributed by atoms with Crippen LogP contribution in [0.25, 0.3) is 10.8 Å². The monoisotopic (exact) mass is 639 g/mol. The molecule has 10 heteroatoms.